The van der Waals surface area contributed by atoms with Crippen LogP contribution in [0.3, 0.4) is 0 Å². The first kappa shape index (κ1) is 14.0. The van der Waals surface area contributed by atoms with E-state index < -0.39 is 5.97 Å². The van der Waals surface area contributed by atoms with E-state index in [4.69, 9.17) is 16.3 Å². The summed E-state index contributed by atoms with van der Waals surface area (Å²) in [6.07, 6.45) is 4.82. The van der Waals surface area contributed by atoms with Crippen molar-refractivity contribution in [3.05, 3.63) is 69.0 Å². The molecule has 2 heterocycles. The highest BCUT2D eigenvalue weighted by Crippen LogP contribution is 2.23. The highest BCUT2D eigenvalue weighted by Gasteiger charge is 2.24. The standard InChI is InChI=1S/C15H8BrClN2O2/c16-11-5-10(7-18-8-11)14-19-13(15(20)21-14)6-9-3-1-2-4-12(9)17/h1-8H. The summed E-state index contributed by atoms with van der Waals surface area (Å²) in [5.41, 5.74) is 1.54. The summed E-state index contributed by atoms with van der Waals surface area (Å²) >= 11 is 9.38. The maximum Gasteiger partial charge on any atom is 0.363 e. The van der Waals surface area contributed by atoms with Crippen molar-refractivity contribution in [2.45, 2.75) is 0 Å². The molecule has 0 bridgehead atoms. The van der Waals surface area contributed by atoms with Gasteiger partial charge in [0.1, 0.15) is 0 Å². The fourth-order valence-electron chi connectivity index (χ4n) is 1.80. The Kier molecular flexibility index (Phi) is 3.86. The highest BCUT2D eigenvalue weighted by molar-refractivity contribution is 9.10. The first-order valence-electron chi connectivity index (χ1n) is 6.01. The molecule has 0 saturated carbocycles. The molecule has 0 radical (unpaired) electrons. The third kappa shape index (κ3) is 3.04. The zero-order valence-corrected chi connectivity index (χ0v) is 12.9. The average molecular weight is 364 g/mol. The highest BCUT2D eigenvalue weighted by atomic mass is 79.9. The normalized spacial score (nSPS) is 16.0. The number of aromatic nitrogens is 1. The number of halogens is 2. The van der Waals surface area contributed by atoms with Crippen molar-refractivity contribution in [1.29, 1.82) is 0 Å². The minimum Gasteiger partial charge on any atom is -0.402 e. The second-order valence-electron chi connectivity index (χ2n) is 4.25. The largest absolute Gasteiger partial charge is 0.402 e. The van der Waals surface area contributed by atoms with Crippen LogP contribution in [-0.2, 0) is 9.53 Å². The Balaban J connectivity index is 1.98. The summed E-state index contributed by atoms with van der Waals surface area (Å²) < 4.78 is 5.95. The monoisotopic (exact) mass is 362 g/mol. The molecule has 1 aliphatic heterocycles. The molecule has 3 rings (SSSR count). The molecule has 0 fully saturated rings. The van der Waals surface area contributed by atoms with Crippen LogP contribution in [0.25, 0.3) is 6.08 Å². The molecular formula is C15H8BrClN2O2. The van der Waals surface area contributed by atoms with Gasteiger partial charge in [0.15, 0.2) is 5.70 Å². The van der Waals surface area contributed by atoms with E-state index in [2.05, 4.69) is 25.9 Å². The molecule has 21 heavy (non-hydrogen) atoms. The van der Waals surface area contributed by atoms with Crippen LogP contribution in [0.2, 0.25) is 5.02 Å². The molecule has 2 aromatic rings. The fourth-order valence-corrected chi connectivity index (χ4v) is 2.36. The van der Waals surface area contributed by atoms with Crippen LogP contribution in [0.15, 0.2) is 57.9 Å². The Hall–Kier alpha value is -1.98. The van der Waals surface area contributed by atoms with Crippen molar-refractivity contribution in [3.8, 4) is 0 Å². The SMILES string of the molecule is O=C1OC(c2cncc(Br)c2)=NC1=Cc1ccccc1Cl. The van der Waals surface area contributed by atoms with Gasteiger partial charge in [0, 0.05) is 21.9 Å². The van der Waals surface area contributed by atoms with Gasteiger partial charge in [-0.15, -0.1) is 0 Å². The number of hydrogen-bond acceptors (Lipinski definition) is 4. The van der Waals surface area contributed by atoms with Gasteiger partial charge in [-0.2, -0.15) is 0 Å². The Morgan fingerprint density at radius 1 is 1.24 bits per heavy atom. The number of pyridine rings is 1. The van der Waals surface area contributed by atoms with Gasteiger partial charge in [0.2, 0.25) is 5.90 Å². The number of carbonyl (C=O) groups is 1. The lowest BCUT2D eigenvalue weighted by Gasteiger charge is -1.98. The Labute approximate surface area is 134 Å². The zero-order valence-electron chi connectivity index (χ0n) is 10.6. The van der Waals surface area contributed by atoms with Crippen LogP contribution in [0, 0.1) is 0 Å². The second-order valence-corrected chi connectivity index (χ2v) is 5.57. The number of hydrogen-bond donors (Lipinski definition) is 0. The quantitative estimate of drug-likeness (QED) is 0.602. The molecular weight excluding hydrogens is 356 g/mol. The summed E-state index contributed by atoms with van der Waals surface area (Å²) in [7, 11) is 0. The maximum absolute atomic E-state index is 11.9. The molecule has 0 aliphatic carbocycles. The number of carbonyl (C=O) groups excluding carboxylic acids is 1. The van der Waals surface area contributed by atoms with E-state index in [0.29, 0.717) is 16.1 Å². The fraction of sp³-hybridized carbons (Fsp3) is 0. The minimum absolute atomic E-state index is 0.207. The topological polar surface area (TPSA) is 51.5 Å². The van der Waals surface area contributed by atoms with Gasteiger partial charge in [-0.3, -0.25) is 4.98 Å². The Morgan fingerprint density at radius 3 is 2.81 bits per heavy atom. The lowest BCUT2D eigenvalue weighted by atomic mass is 10.2. The van der Waals surface area contributed by atoms with Gasteiger partial charge in [-0.25, -0.2) is 9.79 Å². The molecule has 0 atom stereocenters. The third-order valence-electron chi connectivity index (χ3n) is 2.77. The maximum atomic E-state index is 11.9. The summed E-state index contributed by atoms with van der Waals surface area (Å²) in [5, 5.41) is 0.547. The minimum atomic E-state index is -0.509. The first-order chi connectivity index (χ1) is 10.1. The van der Waals surface area contributed by atoms with E-state index in [1.165, 1.54) is 0 Å². The molecule has 0 N–H and O–H groups in total. The number of ether oxygens (including phenoxy) is 1. The molecule has 6 heteroatoms. The van der Waals surface area contributed by atoms with Crippen LogP contribution >= 0.6 is 27.5 Å². The van der Waals surface area contributed by atoms with Crippen molar-refractivity contribution < 1.29 is 9.53 Å². The molecule has 1 aromatic carbocycles. The third-order valence-corrected chi connectivity index (χ3v) is 3.55. The van der Waals surface area contributed by atoms with Crippen molar-refractivity contribution in [1.82, 2.24) is 4.98 Å². The summed E-state index contributed by atoms with van der Waals surface area (Å²) in [5.74, 6) is -0.281. The summed E-state index contributed by atoms with van der Waals surface area (Å²) in [6.45, 7) is 0. The van der Waals surface area contributed by atoms with Crippen molar-refractivity contribution in [2.24, 2.45) is 4.99 Å². The van der Waals surface area contributed by atoms with Gasteiger partial charge in [0.05, 0.1) is 5.56 Å². The van der Waals surface area contributed by atoms with Crippen LogP contribution in [0.4, 0.5) is 0 Å². The number of rotatable bonds is 2. The predicted octanol–water partition coefficient (Wildman–Crippen LogP) is 3.84. The zero-order chi connectivity index (χ0) is 14.8. The van der Waals surface area contributed by atoms with Crippen LogP contribution in [0.1, 0.15) is 11.1 Å². The predicted molar refractivity (Wildman–Crippen MR) is 84.0 cm³/mol. The van der Waals surface area contributed by atoms with Gasteiger partial charge in [0.25, 0.3) is 0 Å². The van der Waals surface area contributed by atoms with E-state index in [-0.39, 0.29) is 11.6 Å². The molecule has 0 saturated heterocycles. The van der Waals surface area contributed by atoms with E-state index in [1.807, 2.05) is 12.1 Å². The molecule has 1 aliphatic rings. The number of benzene rings is 1. The number of cyclic esters (lactones) is 1. The van der Waals surface area contributed by atoms with Crippen molar-refractivity contribution in [2.75, 3.05) is 0 Å². The number of esters is 1. The molecule has 4 nitrogen and oxygen atoms in total. The van der Waals surface area contributed by atoms with E-state index >= 15 is 0 Å². The number of nitrogens with zero attached hydrogens (tertiary/aromatic N) is 2. The van der Waals surface area contributed by atoms with Gasteiger partial charge >= 0.3 is 5.97 Å². The molecule has 104 valence electrons. The van der Waals surface area contributed by atoms with E-state index in [9.17, 15) is 4.79 Å². The van der Waals surface area contributed by atoms with E-state index in [0.717, 1.165) is 4.47 Å². The molecule has 0 spiro atoms. The van der Waals surface area contributed by atoms with Crippen molar-refractivity contribution in [3.63, 3.8) is 0 Å². The number of aliphatic imine (C=N–C) groups is 1. The Bertz CT molecular complexity index is 787. The van der Waals surface area contributed by atoms with Gasteiger partial charge < -0.3 is 4.74 Å². The second kappa shape index (κ2) is 5.79. The van der Waals surface area contributed by atoms with Crippen LogP contribution in [0.5, 0.6) is 0 Å². The van der Waals surface area contributed by atoms with Crippen LogP contribution < -0.4 is 0 Å². The van der Waals surface area contributed by atoms with Gasteiger partial charge in [-0.05, 0) is 39.7 Å². The molecule has 1 aromatic heterocycles. The summed E-state index contributed by atoms with van der Waals surface area (Å²) in [6, 6.07) is 8.98. The van der Waals surface area contributed by atoms with Gasteiger partial charge in [-0.1, -0.05) is 29.8 Å². The first-order valence-corrected chi connectivity index (χ1v) is 7.18. The Morgan fingerprint density at radius 2 is 2.05 bits per heavy atom. The van der Waals surface area contributed by atoms with Crippen LogP contribution in [-0.4, -0.2) is 16.9 Å². The average Bonchev–Trinajstić information content (AvgIpc) is 2.83. The summed E-state index contributed by atoms with van der Waals surface area (Å²) in [4.78, 5) is 20.1. The smallest absolute Gasteiger partial charge is 0.363 e. The molecule has 0 amide bonds. The van der Waals surface area contributed by atoms with Crippen molar-refractivity contribution >= 4 is 45.5 Å². The lowest BCUT2D eigenvalue weighted by Crippen LogP contribution is -2.05. The lowest BCUT2D eigenvalue weighted by molar-refractivity contribution is -0.129. The molecule has 0 unspecified atom stereocenters. The van der Waals surface area contributed by atoms with E-state index in [1.54, 1.807) is 36.7 Å².